The SMILES string of the molecule is CC(C)(N)C(=O)Nc1ccc(-n2ccnn2)cc1. The lowest BCUT2D eigenvalue weighted by Gasteiger charge is -2.17. The fourth-order valence-electron chi connectivity index (χ4n) is 1.34. The Kier molecular flexibility index (Phi) is 3.12. The molecule has 1 aromatic heterocycles. The normalized spacial score (nSPS) is 11.3. The van der Waals surface area contributed by atoms with Gasteiger partial charge in [0.25, 0.3) is 0 Å². The van der Waals surface area contributed by atoms with Crippen LogP contribution in [0.3, 0.4) is 0 Å². The number of hydrogen-bond donors (Lipinski definition) is 2. The Hall–Kier alpha value is -2.21. The molecule has 1 amide bonds. The maximum Gasteiger partial charge on any atom is 0.243 e. The summed E-state index contributed by atoms with van der Waals surface area (Å²) in [7, 11) is 0. The molecule has 0 saturated carbocycles. The highest BCUT2D eigenvalue weighted by atomic mass is 16.2. The molecule has 3 N–H and O–H groups in total. The largest absolute Gasteiger partial charge is 0.325 e. The summed E-state index contributed by atoms with van der Waals surface area (Å²) in [5.74, 6) is -0.226. The fourth-order valence-corrected chi connectivity index (χ4v) is 1.34. The van der Waals surface area contributed by atoms with Crippen LogP contribution in [0.25, 0.3) is 5.69 Å². The standard InChI is InChI=1S/C12H15N5O/c1-12(2,13)11(18)15-9-3-5-10(6-4-9)17-8-7-14-16-17/h3-8H,13H2,1-2H3,(H,15,18). The van der Waals surface area contributed by atoms with Crippen molar-refractivity contribution in [3.63, 3.8) is 0 Å². The molecule has 0 unspecified atom stereocenters. The van der Waals surface area contributed by atoms with E-state index in [1.807, 2.05) is 12.1 Å². The third kappa shape index (κ3) is 2.72. The van der Waals surface area contributed by atoms with Gasteiger partial charge in [0.1, 0.15) is 0 Å². The molecule has 0 saturated heterocycles. The minimum atomic E-state index is -0.898. The van der Waals surface area contributed by atoms with E-state index in [1.165, 1.54) is 0 Å². The Balaban J connectivity index is 2.12. The Morgan fingerprint density at radius 3 is 2.50 bits per heavy atom. The summed E-state index contributed by atoms with van der Waals surface area (Å²) in [6.07, 6.45) is 3.35. The molecule has 94 valence electrons. The van der Waals surface area contributed by atoms with Gasteiger partial charge in [-0.15, -0.1) is 5.10 Å². The molecule has 0 atom stereocenters. The topological polar surface area (TPSA) is 85.8 Å². The first-order valence-electron chi connectivity index (χ1n) is 5.54. The first-order valence-corrected chi connectivity index (χ1v) is 5.54. The second kappa shape index (κ2) is 4.58. The maximum atomic E-state index is 11.7. The van der Waals surface area contributed by atoms with Gasteiger partial charge in [0.15, 0.2) is 0 Å². The van der Waals surface area contributed by atoms with Crippen molar-refractivity contribution in [3.8, 4) is 5.69 Å². The molecule has 0 spiro atoms. The van der Waals surface area contributed by atoms with E-state index in [2.05, 4.69) is 15.6 Å². The van der Waals surface area contributed by atoms with Crippen LogP contribution in [0, 0.1) is 0 Å². The molecule has 6 nitrogen and oxygen atoms in total. The predicted molar refractivity (Wildman–Crippen MR) is 68.3 cm³/mol. The number of nitrogens with zero attached hydrogens (tertiary/aromatic N) is 3. The van der Waals surface area contributed by atoms with Crippen molar-refractivity contribution in [3.05, 3.63) is 36.7 Å². The van der Waals surface area contributed by atoms with E-state index in [-0.39, 0.29) is 5.91 Å². The number of benzene rings is 1. The number of rotatable bonds is 3. The quantitative estimate of drug-likeness (QED) is 0.842. The first kappa shape index (κ1) is 12.3. The number of anilines is 1. The fraction of sp³-hybridized carbons (Fsp3) is 0.250. The van der Waals surface area contributed by atoms with Gasteiger partial charge >= 0.3 is 0 Å². The van der Waals surface area contributed by atoms with E-state index in [0.29, 0.717) is 5.69 Å². The van der Waals surface area contributed by atoms with Crippen molar-refractivity contribution >= 4 is 11.6 Å². The number of carbonyl (C=O) groups is 1. The van der Waals surface area contributed by atoms with Crippen LogP contribution in [0.4, 0.5) is 5.69 Å². The second-order valence-electron chi connectivity index (χ2n) is 4.57. The lowest BCUT2D eigenvalue weighted by molar-refractivity contribution is -0.120. The summed E-state index contributed by atoms with van der Waals surface area (Å²) >= 11 is 0. The minimum absolute atomic E-state index is 0.226. The van der Waals surface area contributed by atoms with E-state index in [1.54, 1.807) is 43.1 Å². The van der Waals surface area contributed by atoms with Gasteiger partial charge in [0, 0.05) is 5.69 Å². The first-order chi connectivity index (χ1) is 8.47. The molecule has 0 aliphatic heterocycles. The van der Waals surface area contributed by atoms with Crippen molar-refractivity contribution in [1.29, 1.82) is 0 Å². The molecule has 6 heteroatoms. The third-order valence-corrected chi connectivity index (χ3v) is 2.40. The van der Waals surface area contributed by atoms with Crippen LogP contribution in [-0.2, 0) is 4.79 Å². The van der Waals surface area contributed by atoms with E-state index in [9.17, 15) is 4.79 Å². The zero-order valence-corrected chi connectivity index (χ0v) is 10.3. The van der Waals surface area contributed by atoms with Crippen LogP contribution in [0.5, 0.6) is 0 Å². The minimum Gasteiger partial charge on any atom is -0.325 e. The van der Waals surface area contributed by atoms with Gasteiger partial charge in [-0.25, -0.2) is 4.68 Å². The Morgan fingerprint density at radius 2 is 2.00 bits per heavy atom. The number of amides is 1. The molecule has 1 aromatic carbocycles. The average Bonchev–Trinajstić information content (AvgIpc) is 2.82. The van der Waals surface area contributed by atoms with Crippen molar-refractivity contribution < 1.29 is 4.79 Å². The van der Waals surface area contributed by atoms with Crippen LogP contribution in [-0.4, -0.2) is 26.4 Å². The highest BCUT2D eigenvalue weighted by molar-refractivity contribution is 5.97. The van der Waals surface area contributed by atoms with Gasteiger partial charge in [-0.05, 0) is 38.1 Å². The Labute approximate surface area is 105 Å². The third-order valence-electron chi connectivity index (χ3n) is 2.40. The van der Waals surface area contributed by atoms with Gasteiger partial charge in [0.05, 0.1) is 23.6 Å². The number of aromatic nitrogens is 3. The predicted octanol–water partition coefficient (Wildman–Crippen LogP) is 0.943. The molecule has 0 aliphatic carbocycles. The van der Waals surface area contributed by atoms with E-state index in [0.717, 1.165) is 5.69 Å². The zero-order valence-electron chi connectivity index (χ0n) is 10.3. The molecular weight excluding hydrogens is 230 g/mol. The van der Waals surface area contributed by atoms with Gasteiger partial charge in [-0.2, -0.15) is 0 Å². The van der Waals surface area contributed by atoms with Gasteiger partial charge in [0.2, 0.25) is 5.91 Å². The maximum absolute atomic E-state index is 11.7. The van der Waals surface area contributed by atoms with Crippen LogP contribution in [0.2, 0.25) is 0 Å². The van der Waals surface area contributed by atoms with Crippen molar-refractivity contribution in [2.24, 2.45) is 5.73 Å². The van der Waals surface area contributed by atoms with Gasteiger partial charge < -0.3 is 11.1 Å². The van der Waals surface area contributed by atoms with Crippen LogP contribution < -0.4 is 11.1 Å². The summed E-state index contributed by atoms with van der Waals surface area (Å²) < 4.78 is 1.64. The monoisotopic (exact) mass is 245 g/mol. The summed E-state index contributed by atoms with van der Waals surface area (Å²) in [5, 5.41) is 10.3. The van der Waals surface area contributed by atoms with E-state index >= 15 is 0 Å². The number of nitrogens with one attached hydrogen (secondary N) is 1. The smallest absolute Gasteiger partial charge is 0.243 e. The number of carbonyl (C=O) groups excluding carboxylic acids is 1. The summed E-state index contributed by atoms with van der Waals surface area (Å²) in [6.45, 7) is 3.32. The molecular formula is C12H15N5O. The molecule has 1 heterocycles. The number of nitrogens with two attached hydrogens (primary N) is 1. The summed E-state index contributed by atoms with van der Waals surface area (Å²) in [4.78, 5) is 11.7. The van der Waals surface area contributed by atoms with Gasteiger partial charge in [-0.1, -0.05) is 5.21 Å². The second-order valence-corrected chi connectivity index (χ2v) is 4.57. The highest BCUT2D eigenvalue weighted by Crippen LogP contribution is 2.13. The zero-order chi connectivity index (χ0) is 13.2. The van der Waals surface area contributed by atoms with E-state index in [4.69, 9.17) is 5.73 Å². The lowest BCUT2D eigenvalue weighted by Crippen LogP contribution is -2.45. The van der Waals surface area contributed by atoms with Crippen LogP contribution in [0.1, 0.15) is 13.8 Å². The Morgan fingerprint density at radius 1 is 1.33 bits per heavy atom. The molecule has 2 rings (SSSR count). The molecule has 0 bridgehead atoms. The highest BCUT2D eigenvalue weighted by Gasteiger charge is 2.21. The molecule has 0 fully saturated rings. The summed E-state index contributed by atoms with van der Waals surface area (Å²) in [5.41, 5.74) is 6.37. The van der Waals surface area contributed by atoms with E-state index < -0.39 is 5.54 Å². The van der Waals surface area contributed by atoms with Crippen molar-refractivity contribution in [2.75, 3.05) is 5.32 Å². The molecule has 2 aromatic rings. The molecule has 0 aliphatic rings. The van der Waals surface area contributed by atoms with Crippen molar-refractivity contribution in [1.82, 2.24) is 15.0 Å². The Bertz CT molecular complexity index is 525. The number of hydrogen-bond acceptors (Lipinski definition) is 4. The summed E-state index contributed by atoms with van der Waals surface area (Å²) in [6, 6.07) is 7.27. The van der Waals surface area contributed by atoms with Crippen LogP contribution >= 0.6 is 0 Å². The average molecular weight is 245 g/mol. The van der Waals surface area contributed by atoms with Gasteiger partial charge in [-0.3, -0.25) is 4.79 Å². The lowest BCUT2D eigenvalue weighted by atomic mass is 10.1. The molecule has 18 heavy (non-hydrogen) atoms. The van der Waals surface area contributed by atoms with Crippen LogP contribution in [0.15, 0.2) is 36.7 Å². The molecule has 0 radical (unpaired) electrons. The van der Waals surface area contributed by atoms with Crippen molar-refractivity contribution in [2.45, 2.75) is 19.4 Å².